The third kappa shape index (κ3) is 2.66. The molecule has 0 bridgehead atoms. The van der Waals surface area contributed by atoms with Gasteiger partial charge in [-0.1, -0.05) is 43.6 Å². The summed E-state index contributed by atoms with van der Waals surface area (Å²) in [5.74, 6) is 0.0369. The monoisotopic (exact) mass is 318 g/mol. The van der Waals surface area contributed by atoms with E-state index in [-0.39, 0.29) is 6.04 Å². The van der Waals surface area contributed by atoms with Gasteiger partial charge in [-0.2, -0.15) is 0 Å². The summed E-state index contributed by atoms with van der Waals surface area (Å²) >= 11 is 6.35. The van der Waals surface area contributed by atoms with Crippen LogP contribution in [0.4, 0.5) is 0 Å². The summed E-state index contributed by atoms with van der Waals surface area (Å²) in [4.78, 5) is 12.1. The van der Waals surface area contributed by atoms with Crippen LogP contribution in [0.15, 0.2) is 24.3 Å². The van der Waals surface area contributed by atoms with E-state index in [1.807, 2.05) is 38.1 Å². The normalized spacial score (nSPS) is 12.7. The van der Waals surface area contributed by atoms with Crippen molar-refractivity contribution in [3.05, 3.63) is 46.2 Å². The summed E-state index contributed by atoms with van der Waals surface area (Å²) in [6.45, 7) is 10.5. The highest BCUT2D eigenvalue weighted by atomic mass is 35.5. The lowest BCUT2D eigenvalue weighted by Gasteiger charge is -2.22. The van der Waals surface area contributed by atoms with Gasteiger partial charge in [-0.3, -0.25) is 4.79 Å². The smallest absolute Gasteiger partial charge is 0.251 e. The van der Waals surface area contributed by atoms with Crippen LogP contribution < -0.4 is 5.73 Å². The number of benzene rings is 1. The van der Waals surface area contributed by atoms with Crippen molar-refractivity contribution < 1.29 is 4.79 Å². The first-order valence-electron chi connectivity index (χ1n) is 7.53. The fourth-order valence-corrected chi connectivity index (χ4v) is 3.29. The summed E-state index contributed by atoms with van der Waals surface area (Å²) in [5.41, 5.74) is 9.87. The maximum Gasteiger partial charge on any atom is 0.251 e. The Morgan fingerprint density at radius 2 is 1.73 bits per heavy atom. The molecule has 2 rings (SSSR count). The summed E-state index contributed by atoms with van der Waals surface area (Å²) in [7, 11) is 0. The van der Waals surface area contributed by atoms with Gasteiger partial charge in [0.15, 0.2) is 0 Å². The topological polar surface area (TPSA) is 48.0 Å². The van der Waals surface area contributed by atoms with Gasteiger partial charge in [-0.05, 0) is 32.8 Å². The Morgan fingerprint density at radius 1 is 1.14 bits per heavy atom. The van der Waals surface area contributed by atoms with Crippen molar-refractivity contribution in [1.82, 2.24) is 4.57 Å². The number of rotatable bonds is 4. The zero-order chi connectivity index (χ0) is 16.6. The van der Waals surface area contributed by atoms with Crippen molar-refractivity contribution in [3.63, 3.8) is 0 Å². The number of carbonyl (C=O) groups excluding carboxylic acids is 1. The average Bonchev–Trinajstić information content (AvgIpc) is 2.70. The van der Waals surface area contributed by atoms with Gasteiger partial charge in [-0.25, -0.2) is 0 Å². The number of aromatic nitrogens is 1. The number of halogens is 1. The van der Waals surface area contributed by atoms with Crippen LogP contribution >= 0.6 is 11.6 Å². The lowest BCUT2D eigenvalue weighted by Crippen LogP contribution is -2.16. The molecule has 1 heterocycles. The molecule has 1 aromatic carbocycles. The Balaban J connectivity index is 2.82. The summed E-state index contributed by atoms with van der Waals surface area (Å²) < 4.78 is 2.20. The fourth-order valence-electron chi connectivity index (χ4n) is 3.06. The molecule has 0 saturated heterocycles. The minimum atomic E-state index is -0.412. The molecule has 2 N–H and O–H groups in total. The van der Waals surface area contributed by atoms with Gasteiger partial charge in [0.1, 0.15) is 0 Å². The number of amides is 1. The molecular formula is C18H23ClN2O. The van der Waals surface area contributed by atoms with Crippen molar-refractivity contribution >= 4 is 17.5 Å². The molecule has 0 fully saturated rings. The van der Waals surface area contributed by atoms with E-state index in [2.05, 4.69) is 25.3 Å². The molecule has 22 heavy (non-hydrogen) atoms. The van der Waals surface area contributed by atoms with Gasteiger partial charge in [0.05, 0.1) is 5.56 Å². The van der Waals surface area contributed by atoms with E-state index in [0.29, 0.717) is 16.5 Å². The van der Waals surface area contributed by atoms with Gasteiger partial charge in [0, 0.05) is 33.6 Å². The molecule has 118 valence electrons. The first kappa shape index (κ1) is 16.6. The second kappa shape index (κ2) is 6.17. The molecule has 0 spiro atoms. The van der Waals surface area contributed by atoms with E-state index < -0.39 is 5.91 Å². The minimum Gasteiger partial charge on any atom is -0.366 e. The van der Waals surface area contributed by atoms with Crippen molar-refractivity contribution in [2.45, 2.75) is 40.7 Å². The highest BCUT2D eigenvalue weighted by Gasteiger charge is 2.26. The Labute approximate surface area is 137 Å². The summed E-state index contributed by atoms with van der Waals surface area (Å²) in [5, 5.41) is 0.627. The largest absolute Gasteiger partial charge is 0.366 e. The highest BCUT2D eigenvalue weighted by molar-refractivity contribution is 6.33. The third-order valence-electron chi connectivity index (χ3n) is 4.46. The molecule has 1 atom stereocenters. The molecule has 0 aliphatic rings. The van der Waals surface area contributed by atoms with Crippen LogP contribution in [0.25, 0.3) is 11.1 Å². The number of hydrogen-bond donors (Lipinski definition) is 1. The molecule has 3 nitrogen and oxygen atoms in total. The predicted octanol–water partition coefficient (Wildman–Crippen LogP) is 4.74. The van der Waals surface area contributed by atoms with Gasteiger partial charge in [-0.15, -0.1) is 0 Å². The number of nitrogens with zero attached hydrogens (tertiary/aromatic N) is 1. The van der Waals surface area contributed by atoms with Gasteiger partial charge in [0.2, 0.25) is 0 Å². The van der Waals surface area contributed by atoms with E-state index in [1.165, 1.54) is 0 Å². The second-order valence-electron chi connectivity index (χ2n) is 6.12. The van der Waals surface area contributed by atoms with E-state index >= 15 is 0 Å². The number of primary amides is 1. The van der Waals surface area contributed by atoms with Crippen molar-refractivity contribution in [3.8, 4) is 11.1 Å². The van der Waals surface area contributed by atoms with E-state index in [1.54, 1.807) is 0 Å². The minimum absolute atomic E-state index is 0.273. The quantitative estimate of drug-likeness (QED) is 0.869. The molecule has 1 amide bonds. The maximum atomic E-state index is 12.1. The molecule has 0 radical (unpaired) electrons. The Hall–Kier alpha value is -1.74. The van der Waals surface area contributed by atoms with Crippen LogP contribution in [0, 0.1) is 19.8 Å². The molecule has 0 aliphatic heterocycles. The molecule has 0 aliphatic carbocycles. The second-order valence-corrected chi connectivity index (χ2v) is 6.53. The van der Waals surface area contributed by atoms with Crippen molar-refractivity contribution in [2.75, 3.05) is 0 Å². The van der Waals surface area contributed by atoms with E-state index in [4.69, 9.17) is 17.3 Å². The zero-order valence-corrected chi connectivity index (χ0v) is 14.5. The molecular weight excluding hydrogens is 296 g/mol. The van der Waals surface area contributed by atoms with E-state index in [0.717, 1.165) is 22.5 Å². The maximum absolute atomic E-state index is 12.1. The third-order valence-corrected chi connectivity index (χ3v) is 4.79. The van der Waals surface area contributed by atoms with Crippen LogP contribution in [0.1, 0.15) is 48.6 Å². The SMILES string of the molecule is Cc1c(C(N)=O)c(-c2ccccc2Cl)c(C)n1C(C)C(C)C. The number of hydrogen-bond acceptors (Lipinski definition) is 1. The van der Waals surface area contributed by atoms with Crippen LogP contribution in [-0.2, 0) is 0 Å². The highest BCUT2D eigenvalue weighted by Crippen LogP contribution is 2.38. The van der Waals surface area contributed by atoms with Crippen LogP contribution in [0.3, 0.4) is 0 Å². The standard InChI is InChI=1S/C18H23ClN2O/c1-10(2)11(3)21-12(4)16(17(13(21)5)18(20)22)14-8-6-7-9-15(14)19/h6-11H,1-5H3,(H2,20,22). The predicted molar refractivity (Wildman–Crippen MR) is 92.4 cm³/mol. The lowest BCUT2D eigenvalue weighted by atomic mass is 10.00. The first-order valence-corrected chi connectivity index (χ1v) is 7.91. The molecule has 1 unspecified atom stereocenters. The Kier molecular flexibility index (Phi) is 4.66. The lowest BCUT2D eigenvalue weighted by molar-refractivity contribution is 0.1000. The number of carbonyl (C=O) groups is 1. The van der Waals surface area contributed by atoms with Gasteiger partial charge in [0.25, 0.3) is 5.91 Å². The van der Waals surface area contributed by atoms with Gasteiger partial charge < -0.3 is 10.3 Å². The van der Waals surface area contributed by atoms with Crippen molar-refractivity contribution in [1.29, 1.82) is 0 Å². The van der Waals surface area contributed by atoms with Crippen molar-refractivity contribution in [2.24, 2.45) is 11.7 Å². The van der Waals surface area contributed by atoms with Crippen LogP contribution in [0.5, 0.6) is 0 Å². The van der Waals surface area contributed by atoms with Crippen LogP contribution in [0.2, 0.25) is 5.02 Å². The molecule has 1 aromatic heterocycles. The summed E-state index contributed by atoms with van der Waals surface area (Å²) in [6.07, 6.45) is 0. The molecule has 0 saturated carbocycles. The van der Waals surface area contributed by atoms with E-state index in [9.17, 15) is 4.79 Å². The van der Waals surface area contributed by atoms with Gasteiger partial charge >= 0.3 is 0 Å². The first-order chi connectivity index (χ1) is 10.3. The Morgan fingerprint density at radius 3 is 2.23 bits per heavy atom. The molecule has 4 heteroatoms. The van der Waals surface area contributed by atoms with Crippen LogP contribution in [-0.4, -0.2) is 10.5 Å². The Bertz CT molecular complexity index is 716. The fraction of sp³-hybridized carbons (Fsp3) is 0.389. The summed E-state index contributed by atoms with van der Waals surface area (Å²) in [6, 6.07) is 7.84. The zero-order valence-electron chi connectivity index (χ0n) is 13.8. The average molecular weight is 319 g/mol. The number of nitrogens with two attached hydrogens (primary N) is 1. The molecule has 2 aromatic rings.